The molecule has 0 fully saturated rings. The first-order valence-electron chi connectivity index (χ1n) is 20.3. The van der Waals surface area contributed by atoms with Crippen LogP contribution in [0.2, 0.25) is 0 Å². The minimum atomic E-state index is 1.03. The van der Waals surface area contributed by atoms with Crippen LogP contribution >= 0.6 is 0 Å². The van der Waals surface area contributed by atoms with Crippen LogP contribution in [0.5, 0.6) is 0 Å². The molecule has 58 heavy (non-hydrogen) atoms. The summed E-state index contributed by atoms with van der Waals surface area (Å²) in [6, 6.07) is 73.7. The molecule has 9 aromatic carbocycles. The summed E-state index contributed by atoms with van der Waals surface area (Å²) in [7, 11) is 0. The van der Waals surface area contributed by atoms with E-state index in [1.54, 1.807) is 0 Å². The quantitative estimate of drug-likeness (QED) is 0.166. The average Bonchev–Trinajstić information content (AvgIpc) is 3.81. The number of benzene rings is 9. The minimum Gasteiger partial charge on any atom is -0.310 e. The number of aryl methyl sites for hydroxylation is 1. The Kier molecular flexibility index (Phi) is 7.39. The van der Waals surface area contributed by atoms with Crippen LogP contribution in [0.25, 0.3) is 99.5 Å². The van der Waals surface area contributed by atoms with Gasteiger partial charge in [0, 0.05) is 27.5 Å². The van der Waals surface area contributed by atoms with Gasteiger partial charge in [0.2, 0.25) is 0 Å². The SMILES string of the molecule is C1=C(c2ccc3ccccc3c2)CCc2c1n(-c1ccc(-c3ccc(-n4c5ccccc5c5ccc(-c6ccc7ccccc7c6)cc54)cc3)cc1)c1ccccc21. The Morgan fingerprint density at radius 1 is 0.310 bits per heavy atom. The fourth-order valence-electron chi connectivity index (χ4n) is 9.54. The second kappa shape index (κ2) is 13.1. The van der Waals surface area contributed by atoms with E-state index in [4.69, 9.17) is 0 Å². The summed E-state index contributed by atoms with van der Waals surface area (Å²) in [5.74, 6) is 0. The number of hydrogen-bond acceptors (Lipinski definition) is 0. The molecule has 0 saturated heterocycles. The fourth-order valence-corrected chi connectivity index (χ4v) is 9.54. The second-order valence-electron chi connectivity index (χ2n) is 15.7. The fraction of sp³-hybridized carbons (Fsp3) is 0.0357. The number of nitrogens with zero attached hydrogens (tertiary/aromatic N) is 2. The van der Waals surface area contributed by atoms with Gasteiger partial charge in [-0.3, -0.25) is 0 Å². The Balaban J connectivity index is 0.905. The molecule has 0 spiro atoms. The maximum absolute atomic E-state index is 2.46. The van der Waals surface area contributed by atoms with Crippen LogP contribution in [-0.2, 0) is 6.42 Å². The maximum atomic E-state index is 2.46. The zero-order chi connectivity index (χ0) is 38.2. The highest BCUT2D eigenvalue weighted by atomic mass is 15.0. The molecule has 0 unspecified atom stereocenters. The summed E-state index contributed by atoms with van der Waals surface area (Å²) in [6.45, 7) is 0. The van der Waals surface area contributed by atoms with Gasteiger partial charge in [0.05, 0.1) is 22.2 Å². The minimum absolute atomic E-state index is 1.03. The molecule has 2 nitrogen and oxygen atoms in total. The van der Waals surface area contributed by atoms with Gasteiger partial charge >= 0.3 is 0 Å². The van der Waals surface area contributed by atoms with Crippen molar-refractivity contribution in [2.45, 2.75) is 12.8 Å². The van der Waals surface area contributed by atoms with Crippen LogP contribution in [0, 0.1) is 0 Å². The van der Waals surface area contributed by atoms with Crippen LogP contribution < -0.4 is 0 Å². The van der Waals surface area contributed by atoms with E-state index in [1.165, 1.54) is 105 Å². The number of hydrogen-bond donors (Lipinski definition) is 0. The normalized spacial score (nSPS) is 12.8. The van der Waals surface area contributed by atoms with Crippen molar-refractivity contribution in [2.75, 3.05) is 0 Å². The van der Waals surface area contributed by atoms with Gasteiger partial charge in [-0.05, 0) is 134 Å². The lowest BCUT2D eigenvalue weighted by Gasteiger charge is -2.18. The first kappa shape index (κ1) is 32.8. The van der Waals surface area contributed by atoms with E-state index in [0.29, 0.717) is 0 Å². The second-order valence-corrected chi connectivity index (χ2v) is 15.7. The summed E-state index contributed by atoms with van der Waals surface area (Å²) in [5.41, 5.74) is 16.3. The highest BCUT2D eigenvalue weighted by Gasteiger charge is 2.22. The summed E-state index contributed by atoms with van der Waals surface area (Å²) in [6.07, 6.45) is 4.51. The van der Waals surface area contributed by atoms with E-state index < -0.39 is 0 Å². The first-order valence-corrected chi connectivity index (χ1v) is 20.3. The molecule has 2 aromatic heterocycles. The third kappa shape index (κ3) is 5.26. The summed E-state index contributed by atoms with van der Waals surface area (Å²) < 4.78 is 4.88. The Hall–Kier alpha value is -7.42. The number of para-hydroxylation sites is 2. The van der Waals surface area contributed by atoms with E-state index in [2.05, 4.69) is 215 Å². The first-order chi connectivity index (χ1) is 28.7. The van der Waals surface area contributed by atoms with Crippen molar-refractivity contribution in [1.82, 2.24) is 9.13 Å². The van der Waals surface area contributed by atoms with Gasteiger partial charge in [-0.2, -0.15) is 0 Å². The van der Waals surface area contributed by atoms with Gasteiger partial charge in [-0.15, -0.1) is 0 Å². The predicted octanol–water partition coefficient (Wildman–Crippen LogP) is 14.9. The molecule has 0 atom stereocenters. The molecule has 1 aliphatic rings. The van der Waals surface area contributed by atoms with Crippen LogP contribution in [-0.4, -0.2) is 9.13 Å². The van der Waals surface area contributed by atoms with Crippen molar-refractivity contribution in [3.63, 3.8) is 0 Å². The van der Waals surface area contributed by atoms with Gasteiger partial charge in [0.1, 0.15) is 0 Å². The number of rotatable bonds is 5. The third-order valence-electron chi connectivity index (χ3n) is 12.4. The zero-order valence-corrected chi connectivity index (χ0v) is 31.9. The molecule has 0 radical (unpaired) electrons. The van der Waals surface area contributed by atoms with Gasteiger partial charge in [0.25, 0.3) is 0 Å². The lowest BCUT2D eigenvalue weighted by molar-refractivity contribution is 0.981. The lowest BCUT2D eigenvalue weighted by Crippen LogP contribution is -2.03. The molecule has 0 amide bonds. The number of fused-ring (bicyclic) bond motifs is 8. The van der Waals surface area contributed by atoms with Crippen LogP contribution in [0.15, 0.2) is 200 Å². The molecule has 12 rings (SSSR count). The lowest BCUT2D eigenvalue weighted by atomic mass is 9.90. The molecule has 0 aliphatic heterocycles. The molecule has 272 valence electrons. The molecule has 0 N–H and O–H groups in total. The summed E-state index contributed by atoms with van der Waals surface area (Å²) in [4.78, 5) is 0. The molecule has 0 bridgehead atoms. The van der Waals surface area contributed by atoms with Gasteiger partial charge in [-0.1, -0.05) is 146 Å². The van der Waals surface area contributed by atoms with Crippen LogP contribution in [0.4, 0.5) is 0 Å². The molecular weight excluding hydrogens is 701 g/mol. The predicted molar refractivity (Wildman–Crippen MR) is 246 cm³/mol. The topological polar surface area (TPSA) is 9.86 Å². The number of aromatic nitrogens is 2. The Bertz CT molecular complexity index is 3430. The Morgan fingerprint density at radius 3 is 1.48 bits per heavy atom. The van der Waals surface area contributed by atoms with Crippen molar-refractivity contribution in [3.05, 3.63) is 217 Å². The van der Waals surface area contributed by atoms with E-state index in [9.17, 15) is 0 Å². The Morgan fingerprint density at radius 2 is 0.793 bits per heavy atom. The van der Waals surface area contributed by atoms with Crippen LogP contribution in [0.1, 0.15) is 23.2 Å². The van der Waals surface area contributed by atoms with E-state index in [-0.39, 0.29) is 0 Å². The molecule has 0 saturated carbocycles. The van der Waals surface area contributed by atoms with Gasteiger partial charge in [0.15, 0.2) is 0 Å². The molecule has 2 heteroatoms. The highest BCUT2D eigenvalue weighted by Crippen LogP contribution is 2.40. The Labute approximate surface area is 337 Å². The van der Waals surface area contributed by atoms with Crippen LogP contribution in [0.3, 0.4) is 0 Å². The summed E-state index contributed by atoms with van der Waals surface area (Å²) in [5, 5.41) is 8.97. The van der Waals surface area contributed by atoms with Crippen molar-refractivity contribution in [1.29, 1.82) is 0 Å². The number of allylic oxidation sites excluding steroid dienone is 1. The molecule has 1 aliphatic carbocycles. The van der Waals surface area contributed by atoms with Crippen molar-refractivity contribution in [2.24, 2.45) is 0 Å². The summed E-state index contributed by atoms with van der Waals surface area (Å²) >= 11 is 0. The average molecular weight is 739 g/mol. The van der Waals surface area contributed by atoms with E-state index >= 15 is 0 Å². The van der Waals surface area contributed by atoms with Gasteiger partial charge < -0.3 is 9.13 Å². The monoisotopic (exact) mass is 738 g/mol. The van der Waals surface area contributed by atoms with Crippen molar-refractivity contribution in [3.8, 4) is 33.6 Å². The largest absolute Gasteiger partial charge is 0.310 e. The third-order valence-corrected chi connectivity index (χ3v) is 12.4. The molecular formula is C56H38N2. The van der Waals surface area contributed by atoms with E-state index in [1.807, 2.05) is 0 Å². The maximum Gasteiger partial charge on any atom is 0.0547 e. The molecule has 2 heterocycles. The van der Waals surface area contributed by atoms with Crippen molar-refractivity contribution < 1.29 is 0 Å². The van der Waals surface area contributed by atoms with Crippen molar-refractivity contribution >= 4 is 65.9 Å². The highest BCUT2D eigenvalue weighted by molar-refractivity contribution is 6.10. The van der Waals surface area contributed by atoms with E-state index in [0.717, 1.165) is 18.5 Å². The zero-order valence-electron chi connectivity index (χ0n) is 31.9. The standard InChI is InChI=1S/C56H38N2/c1-3-11-41-33-43(19-17-37(41)9-1)45-25-31-51-49-13-5-7-15-53(49)57(55(51)35-45)47-27-21-39(22-28-47)40-23-29-48(30-24-40)58-54-16-8-6-14-50(54)52-32-26-46(36-56(52)58)44-20-18-38-10-2-4-12-42(38)34-44/h1-25,27-31,33-36H,26,32H2. The smallest absolute Gasteiger partial charge is 0.0547 e. The molecule has 11 aromatic rings. The van der Waals surface area contributed by atoms with Gasteiger partial charge in [-0.25, -0.2) is 0 Å².